The maximum atomic E-state index is 12.8. The number of hydrogen-bond donors (Lipinski definition) is 0. The van der Waals surface area contributed by atoms with Gasteiger partial charge in [0.1, 0.15) is 6.04 Å². The van der Waals surface area contributed by atoms with Crippen LogP contribution in [0.4, 0.5) is 5.69 Å². The van der Waals surface area contributed by atoms with E-state index < -0.39 is 6.04 Å². The molecular weight excluding hydrogens is 312 g/mol. The quantitative estimate of drug-likeness (QED) is 0.827. The van der Waals surface area contributed by atoms with Crippen molar-refractivity contribution in [3.8, 4) is 0 Å². The lowest BCUT2D eigenvalue weighted by Crippen LogP contribution is -2.58. The lowest BCUT2D eigenvalue weighted by molar-refractivity contribution is -0.142. The largest absolute Gasteiger partial charge is 0.329 e. The average molecular weight is 337 g/mol. The molecule has 0 radical (unpaired) electrons. The molecule has 2 rings (SSSR count). The number of nitrogens with zero attached hydrogens (tertiary/aromatic N) is 2. The first-order chi connectivity index (χ1) is 10.6. The number of hydrogen-bond acceptors (Lipinski definition) is 2. The third-order valence-electron chi connectivity index (χ3n) is 4.12. The van der Waals surface area contributed by atoms with Crippen molar-refractivity contribution in [2.75, 3.05) is 18.0 Å². The molecule has 0 unspecified atom stereocenters. The maximum Gasteiger partial charge on any atom is 0.249 e. The molecule has 0 spiro atoms. The zero-order valence-corrected chi connectivity index (χ0v) is 15.3. The molecule has 1 aliphatic heterocycles. The molecule has 0 saturated carbocycles. The van der Waals surface area contributed by atoms with Crippen LogP contribution in [0.1, 0.15) is 39.7 Å². The van der Waals surface area contributed by atoms with Gasteiger partial charge in [0.2, 0.25) is 11.8 Å². The van der Waals surface area contributed by atoms with Crippen LogP contribution in [0.15, 0.2) is 18.2 Å². The topological polar surface area (TPSA) is 40.6 Å². The van der Waals surface area contributed by atoms with Crippen molar-refractivity contribution in [1.29, 1.82) is 0 Å². The van der Waals surface area contributed by atoms with Crippen LogP contribution < -0.4 is 4.90 Å². The number of carbonyl (C=O) groups is 2. The van der Waals surface area contributed by atoms with Gasteiger partial charge in [-0.3, -0.25) is 9.59 Å². The summed E-state index contributed by atoms with van der Waals surface area (Å²) in [6, 6.07) is 5.09. The summed E-state index contributed by atoms with van der Waals surface area (Å²) < 4.78 is 0. The van der Waals surface area contributed by atoms with Crippen LogP contribution in [0.25, 0.3) is 0 Å². The molecule has 1 fully saturated rings. The van der Waals surface area contributed by atoms with E-state index in [2.05, 4.69) is 0 Å². The molecule has 0 aromatic heterocycles. The Bertz CT molecular complexity index is 622. The van der Waals surface area contributed by atoms with Gasteiger partial charge < -0.3 is 9.80 Å². The number of aryl methyl sites for hydroxylation is 1. The van der Waals surface area contributed by atoms with Gasteiger partial charge >= 0.3 is 0 Å². The molecule has 2 amide bonds. The zero-order valence-electron chi connectivity index (χ0n) is 14.5. The first kappa shape index (κ1) is 17.8. The minimum atomic E-state index is -0.447. The van der Waals surface area contributed by atoms with Crippen LogP contribution in [-0.2, 0) is 9.59 Å². The summed E-state index contributed by atoms with van der Waals surface area (Å²) >= 11 is 6.07. The molecule has 5 heteroatoms. The van der Waals surface area contributed by atoms with Crippen LogP contribution in [0, 0.1) is 12.3 Å². The monoisotopic (exact) mass is 336 g/mol. The highest BCUT2D eigenvalue weighted by Crippen LogP contribution is 2.28. The van der Waals surface area contributed by atoms with Crippen molar-refractivity contribution >= 4 is 29.1 Å². The standard InChI is InChI=1S/C18H25ClN2O2/c1-12-6-7-14(19)10-15(12)21-9-8-20(13(2)17(21)23)16(22)11-18(3,4)5/h6-7,10,13H,8-9,11H2,1-5H3/t13-/m0/s1. The van der Waals surface area contributed by atoms with Crippen molar-refractivity contribution in [3.63, 3.8) is 0 Å². The van der Waals surface area contributed by atoms with Gasteiger partial charge in [-0.15, -0.1) is 0 Å². The number of halogens is 1. The van der Waals surface area contributed by atoms with E-state index in [1.165, 1.54) is 0 Å². The van der Waals surface area contributed by atoms with Crippen molar-refractivity contribution in [1.82, 2.24) is 4.90 Å². The fourth-order valence-corrected chi connectivity index (χ4v) is 3.05. The van der Waals surface area contributed by atoms with Crippen LogP contribution in [0.2, 0.25) is 5.02 Å². The van der Waals surface area contributed by atoms with E-state index in [1.807, 2.05) is 45.9 Å². The number of anilines is 1. The fraction of sp³-hybridized carbons (Fsp3) is 0.556. The molecule has 0 bridgehead atoms. The maximum absolute atomic E-state index is 12.8. The van der Waals surface area contributed by atoms with Crippen molar-refractivity contribution in [2.45, 2.75) is 47.1 Å². The van der Waals surface area contributed by atoms with Gasteiger partial charge in [-0.25, -0.2) is 0 Å². The normalized spacial score (nSPS) is 19.2. The fourth-order valence-electron chi connectivity index (χ4n) is 2.88. The Kier molecular flexibility index (Phi) is 5.04. The molecule has 0 N–H and O–H groups in total. The lowest BCUT2D eigenvalue weighted by Gasteiger charge is -2.40. The Morgan fingerprint density at radius 3 is 2.57 bits per heavy atom. The third-order valence-corrected chi connectivity index (χ3v) is 4.35. The van der Waals surface area contributed by atoms with E-state index in [9.17, 15) is 9.59 Å². The highest BCUT2D eigenvalue weighted by Gasteiger charge is 2.36. The summed E-state index contributed by atoms with van der Waals surface area (Å²) in [6.07, 6.45) is 0.445. The first-order valence-corrected chi connectivity index (χ1v) is 8.35. The summed E-state index contributed by atoms with van der Waals surface area (Å²) in [7, 11) is 0. The Morgan fingerprint density at radius 1 is 1.30 bits per heavy atom. The smallest absolute Gasteiger partial charge is 0.249 e. The Hall–Kier alpha value is -1.55. The van der Waals surface area contributed by atoms with Crippen molar-refractivity contribution in [2.24, 2.45) is 5.41 Å². The number of piperazine rings is 1. The minimum absolute atomic E-state index is 0.0424. The van der Waals surface area contributed by atoms with Crippen molar-refractivity contribution in [3.05, 3.63) is 28.8 Å². The van der Waals surface area contributed by atoms with Gasteiger partial charge in [-0.1, -0.05) is 38.4 Å². The van der Waals surface area contributed by atoms with Gasteiger partial charge in [-0.2, -0.15) is 0 Å². The summed E-state index contributed by atoms with van der Waals surface area (Å²) in [5.74, 6) is -0.00954. The molecule has 1 aliphatic rings. The van der Waals surface area contributed by atoms with Crippen molar-refractivity contribution < 1.29 is 9.59 Å². The van der Waals surface area contributed by atoms with E-state index in [1.54, 1.807) is 16.7 Å². The predicted octanol–water partition coefficient (Wildman–Crippen LogP) is 3.65. The van der Waals surface area contributed by atoms with Gasteiger partial charge in [0.15, 0.2) is 0 Å². The molecule has 126 valence electrons. The van der Waals surface area contributed by atoms with Crippen LogP contribution in [0.5, 0.6) is 0 Å². The number of benzene rings is 1. The van der Waals surface area contributed by atoms with Crippen LogP contribution >= 0.6 is 11.6 Å². The second-order valence-electron chi connectivity index (χ2n) is 7.42. The molecule has 1 aromatic carbocycles. The lowest BCUT2D eigenvalue weighted by atomic mass is 9.91. The van der Waals surface area contributed by atoms with Crippen LogP contribution in [0.3, 0.4) is 0 Å². The summed E-state index contributed by atoms with van der Waals surface area (Å²) in [5, 5.41) is 0.609. The van der Waals surface area contributed by atoms with E-state index >= 15 is 0 Å². The molecule has 23 heavy (non-hydrogen) atoms. The van der Waals surface area contributed by atoms with E-state index in [0.717, 1.165) is 11.3 Å². The average Bonchev–Trinajstić information content (AvgIpc) is 2.42. The SMILES string of the molecule is Cc1ccc(Cl)cc1N1CCN(C(=O)CC(C)(C)C)[C@@H](C)C1=O. The molecule has 1 heterocycles. The summed E-state index contributed by atoms with van der Waals surface area (Å²) in [4.78, 5) is 28.7. The van der Waals surface area contributed by atoms with E-state index in [-0.39, 0.29) is 17.2 Å². The number of rotatable bonds is 2. The molecule has 1 aromatic rings. The number of amides is 2. The highest BCUT2D eigenvalue weighted by molar-refractivity contribution is 6.31. The van der Waals surface area contributed by atoms with Crippen LogP contribution in [-0.4, -0.2) is 35.8 Å². The van der Waals surface area contributed by atoms with E-state index in [0.29, 0.717) is 24.5 Å². The second-order valence-corrected chi connectivity index (χ2v) is 7.86. The summed E-state index contributed by atoms with van der Waals surface area (Å²) in [5.41, 5.74) is 1.75. The third kappa shape index (κ3) is 4.05. The van der Waals surface area contributed by atoms with Gasteiger partial charge in [0, 0.05) is 30.2 Å². The Balaban J connectivity index is 2.18. The van der Waals surface area contributed by atoms with E-state index in [4.69, 9.17) is 11.6 Å². The zero-order chi connectivity index (χ0) is 17.4. The highest BCUT2D eigenvalue weighted by atomic mass is 35.5. The van der Waals surface area contributed by atoms with Gasteiger partial charge in [0.05, 0.1) is 0 Å². The number of carbonyl (C=O) groups excluding carboxylic acids is 2. The molecular formula is C18H25ClN2O2. The molecule has 1 atom stereocenters. The predicted molar refractivity (Wildman–Crippen MR) is 93.8 cm³/mol. The Labute approximate surface area is 143 Å². The molecule has 0 aliphatic carbocycles. The summed E-state index contributed by atoms with van der Waals surface area (Å²) in [6.45, 7) is 10.9. The van der Waals surface area contributed by atoms with Gasteiger partial charge in [0.25, 0.3) is 0 Å². The molecule has 1 saturated heterocycles. The first-order valence-electron chi connectivity index (χ1n) is 7.97. The minimum Gasteiger partial charge on any atom is -0.329 e. The van der Waals surface area contributed by atoms with Gasteiger partial charge in [-0.05, 0) is 37.0 Å². The second kappa shape index (κ2) is 6.52. The molecule has 4 nitrogen and oxygen atoms in total. The Morgan fingerprint density at radius 2 is 1.96 bits per heavy atom.